The lowest BCUT2D eigenvalue weighted by Crippen LogP contribution is -2.33. The van der Waals surface area contributed by atoms with E-state index in [1.54, 1.807) is 22.9 Å². The van der Waals surface area contributed by atoms with Gasteiger partial charge in [0.05, 0.1) is 23.4 Å². The lowest BCUT2D eigenvalue weighted by molar-refractivity contribution is 0.0241. The van der Waals surface area contributed by atoms with Crippen molar-refractivity contribution in [2.75, 3.05) is 24.6 Å². The van der Waals surface area contributed by atoms with Crippen molar-refractivity contribution >= 4 is 28.7 Å². The van der Waals surface area contributed by atoms with Crippen LogP contribution in [0.3, 0.4) is 0 Å². The minimum absolute atomic E-state index is 0.353. The minimum atomic E-state index is -1.57. The van der Waals surface area contributed by atoms with Gasteiger partial charge in [0.1, 0.15) is 17.0 Å². The number of ether oxygens (including phenoxy) is 3. The lowest BCUT2D eigenvalue weighted by Gasteiger charge is -2.32. The number of nitrogens with zero attached hydrogens (tertiary/aromatic N) is 3. The van der Waals surface area contributed by atoms with Crippen LogP contribution in [0.2, 0.25) is 0 Å². The van der Waals surface area contributed by atoms with E-state index in [1.807, 2.05) is 100 Å². The van der Waals surface area contributed by atoms with E-state index in [0.29, 0.717) is 51.3 Å². The molecule has 1 atom stereocenters. The Morgan fingerprint density at radius 3 is 2.35 bits per heavy atom. The summed E-state index contributed by atoms with van der Waals surface area (Å²) >= 11 is 0. The topological polar surface area (TPSA) is 82.9 Å². The first-order valence-corrected chi connectivity index (χ1v) is 15.8. The van der Waals surface area contributed by atoms with E-state index in [0.717, 1.165) is 24.3 Å². The summed E-state index contributed by atoms with van der Waals surface area (Å²) in [4.78, 5) is 35.1. The molecule has 0 bridgehead atoms. The number of anilines is 1. The molecule has 0 saturated heterocycles. The first-order valence-electron chi connectivity index (χ1n) is 15.8. The number of pyridine rings is 1. The monoisotopic (exact) mass is 617 g/mol. The Labute approximate surface area is 269 Å². The van der Waals surface area contributed by atoms with E-state index in [-0.39, 0.29) is 0 Å². The fourth-order valence-electron chi connectivity index (χ4n) is 6.40. The van der Waals surface area contributed by atoms with Crippen LogP contribution in [-0.4, -0.2) is 46.9 Å². The van der Waals surface area contributed by atoms with Gasteiger partial charge in [0.15, 0.2) is 0 Å². The van der Waals surface area contributed by atoms with E-state index < -0.39 is 23.3 Å². The van der Waals surface area contributed by atoms with Gasteiger partial charge in [-0.1, -0.05) is 48.5 Å². The van der Waals surface area contributed by atoms with Gasteiger partial charge in [-0.3, -0.25) is 4.98 Å². The molecular formula is C38H39N3O5. The number of rotatable bonds is 8. The molecule has 8 nitrogen and oxygen atoms in total. The molecule has 5 aromatic rings. The zero-order valence-electron chi connectivity index (χ0n) is 27.2. The Bertz CT molecular complexity index is 1920. The molecule has 2 aromatic heterocycles. The van der Waals surface area contributed by atoms with E-state index in [4.69, 9.17) is 19.2 Å². The number of hydrogen-bond acceptors (Lipinski definition) is 7. The number of carbonyl (C=O) groups is 2. The first kappa shape index (κ1) is 30.9. The van der Waals surface area contributed by atoms with Crippen molar-refractivity contribution in [3.05, 3.63) is 114 Å². The van der Waals surface area contributed by atoms with Crippen molar-refractivity contribution in [2.24, 2.45) is 0 Å². The summed E-state index contributed by atoms with van der Waals surface area (Å²) in [5.41, 5.74) is 2.55. The van der Waals surface area contributed by atoms with Gasteiger partial charge in [-0.05, 0) is 77.4 Å². The second kappa shape index (κ2) is 12.0. The quantitative estimate of drug-likeness (QED) is 0.162. The highest BCUT2D eigenvalue weighted by molar-refractivity contribution is 6.04. The van der Waals surface area contributed by atoms with Crippen molar-refractivity contribution in [1.29, 1.82) is 0 Å². The molecule has 0 radical (unpaired) electrons. The smallest absolute Gasteiger partial charge is 0.419 e. The molecule has 0 fully saturated rings. The summed E-state index contributed by atoms with van der Waals surface area (Å²) < 4.78 is 20.6. The normalized spacial score (nSPS) is 15.8. The second-order valence-corrected chi connectivity index (χ2v) is 12.2. The molecule has 3 heterocycles. The fourth-order valence-corrected chi connectivity index (χ4v) is 6.40. The number of para-hydroxylation sites is 1. The maximum absolute atomic E-state index is 14.2. The highest BCUT2D eigenvalue weighted by Gasteiger charge is 2.55. The summed E-state index contributed by atoms with van der Waals surface area (Å²) in [6.45, 7) is 13.7. The van der Waals surface area contributed by atoms with Gasteiger partial charge in [0.25, 0.3) is 0 Å². The van der Waals surface area contributed by atoms with E-state index in [9.17, 15) is 9.59 Å². The third kappa shape index (κ3) is 5.07. The van der Waals surface area contributed by atoms with Gasteiger partial charge >= 0.3 is 12.1 Å². The van der Waals surface area contributed by atoms with Crippen molar-refractivity contribution in [2.45, 2.75) is 52.7 Å². The number of cyclic esters (lactones) is 1. The largest absolute Gasteiger partial charge is 0.493 e. The van der Waals surface area contributed by atoms with Gasteiger partial charge in [-0.2, -0.15) is 0 Å². The van der Waals surface area contributed by atoms with Crippen LogP contribution in [0.4, 0.5) is 10.5 Å². The average molecular weight is 618 g/mol. The molecule has 46 heavy (non-hydrogen) atoms. The molecule has 1 aliphatic heterocycles. The molecule has 0 aliphatic carbocycles. The summed E-state index contributed by atoms with van der Waals surface area (Å²) in [6.07, 6.45) is 1.12. The Morgan fingerprint density at radius 2 is 1.65 bits per heavy atom. The Balaban J connectivity index is 1.80. The highest BCUT2D eigenvalue weighted by atomic mass is 16.6. The SMILES string of the molecule is CCOc1cc(N(CC)CC)ccc1C1(c2c(-c3ccccc3)n(C(=O)OC(C)(C)C)c3ccccc23)OC(=O)c2cccnc21. The Kier molecular flexibility index (Phi) is 8.06. The highest BCUT2D eigenvalue weighted by Crippen LogP contribution is 2.54. The van der Waals surface area contributed by atoms with Crippen molar-refractivity contribution < 1.29 is 23.8 Å². The van der Waals surface area contributed by atoms with Crippen molar-refractivity contribution in [3.63, 3.8) is 0 Å². The van der Waals surface area contributed by atoms with Gasteiger partial charge in [0, 0.05) is 47.6 Å². The molecule has 1 unspecified atom stereocenters. The van der Waals surface area contributed by atoms with Gasteiger partial charge in [-0.25, -0.2) is 14.2 Å². The molecule has 1 aliphatic rings. The standard InChI is InChI=1S/C38H39N3O5/c1-7-40(8-2)26-21-22-29(31(24-26)44-9-3)38(34-28(35(42)45-38)19-15-23-39-34)32-27-18-13-14-20-30(27)41(36(43)46-37(4,5)6)33(32)25-16-11-10-12-17-25/h10-24H,7-9H2,1-6H3. The van der Waals surface area contributed by atoms with Crippen molar-refractivity contribution in [3.8, 4) is 17.0 Å². The molecule has 0 amide bonds. The van der Waals surface area contributed by atoms with Crippen LogP contribution in [0.5, 0.6) is 5.75 Å². The van der Waals surface area contributed by atoms with E-state index >= 15 is 0 Å². The minimum Gasteiger partial charge on any atom is -0.493 e. The molecule has 0 N–H and O–H groups in total. The number of carbonyl (C=O) groups excluding carboxylic acids is 2. The van der Waals surface area contributed by atoms with Gasteiger partial charge in [0.2, 0.25) is 5.60 Å². The second-order valence-electron chi connectivity index (χ2n) is 12.2. The average Bonchev–Trinajstić information content (AvgIpc) is 3.55. The summed E-state index contributed by atoms with van der Waals surface area (Å²) in [5, 5.41) is 0.716. The van der Waals surface area contributed by atoms with Crippen molar-refractivity contribution in [1.82, 2.24) is 9.55 Å². The number of fused-ring (bicyclic) bond motifs is 2. The van der Waals surface area contributed by atoms with Crippen LogP contribution < -0.4 is 9.64 Å². The third-order valence-electron chi connectivity index (χ3n) is 8.23. The molecule has 0 spiro atoms. The number of hydrogen-bond donors (Lipinski definition) is 0. The van der Waals surface area contributed by atoms with Crippen LogP contribution in [-0.2, 0) is 15.1 Å². The maximum atomic E-state index is 14.2. The van der Waals surface area contributed by atoms with Crippen LogP contribution in [0, 0.1) is 0 Å². The van der Waals surface area contributed by atoms with Crippen LogP contribution in [0.25, 0.3) is 22.2 Å². The first-order chi connectivity index (χ1) is 22.1. The zero-order valence-corrected chi connectivity index (χ0v) is 27.2. The predicted octanol–water partition coefficient (Wildman–Crippen LogP) is 8.19. The van der Waals surface area contributed by atoms with Crippen LogP contribution in [0.15, 0.2) is 91.1 Å². The predicted molar refractivity (Wildman–Crippen MR) is 180 cm³/mol. The third-order valence-corrected chi connectivity index (χ3v) is 8.23. The van der Waals surface area contributed by atoms with E-state index in [2.05, 4.69) is 18.7 Å². The Morgan fingerprint density at radius 1 is 0.935 bits per heavy atom. The summed E-state index contributed by atoms with van der Waals surface area (Å²) in [7, 11) is 0. The summed E-state index contributed by atoms with van der Waals surface area (Å²) in [5.74, 6) is 0.0535. The van der Waals surface area contributed by atoms with E-state index in [1.165, 1.54) is 0 Å². The molecular weight excluding hydrogens is 578 g/mol. The van der Waals surface area contributed by atoms with Crippen LogP contribution >= 0.6 is 0 Å². The fraction of sp³-hybridized carbons (Fsp3) is 0.289. The maximum Gasteiger partial charge on any atom is 0.419 e. The zero-order chi connectivity index (χ0) is 32.6. The van der Waals surface area contributed by atoms with Gasteiger partial charge < -0.3 is 19.1 Å². The number of esters is 1. The molecule has 236 valence electrons. The lowest BCUT2D eigenvalue weighted by atomic mass is 9.79. The molecule has 0 saturated carbocycles. The number of aromatic nitrogens is 2. The van der Waals surface area contributed by atoms with Gasteiger partial charge in [-0.15, -0.1) is 0 Å². The summed E-state index contributed by atoms with van der Waals surface area (Å²) in [6, 6.07) is 26.7. The molecule has 8 heteroatoms. The number of benzene rings is 3. The Hall–Kier alpha value is -5.11. The van der Waals surface area contributed by atoms with Crippen LogP contribution in [0.1, 0.15) is 68.7 Å². The molecule has 3 aromatic carbocycles. The molecule has 6 rings (SSSR count).